The Hall–Kier alpha value is -3.55. The van der Waals surface area contributed by atoms with Crippen molar-refractivity contribution in [1.82, 2.24) is 9.97 Å². The van der Waals surface area contributed by atoms with E-state index in [1.54, 1.807) is 36.5 Å². The molecular weight excluding hydrogens is 382 g/mol. The van der Waals surface area contributed by atoms with E-state index < -0.39 is 29.3 Å². The first-order chi connectivity index (χ1) is 14.0. The standard InChI is InChI=1S/C21H18F2N2O4/c1-3-16(29-17-8-7-14(21(26)27-2)19(22)20(17)23)15-12-13(9-11-24-15)28-18-6-4-5-10-25-18/h4-12,16H,3H2,1-2H3/t16-/m1/s1. The molecule has 0 amide bonds. The zero-order chi connectivity index (χ0) is 20.8. The first-order valence-corrected chi connectivity index (χ1v) is 8.81. The van der Waals surface area contributed by atoms with Gasteiger partial charge >= 0.3 is 5.97 Å². The number of pyridine rings is 2. The highest BCUT2D eigenvalue weighted by atomic mass is 19.2. The molecule has 0 saturated carbocycles. The number of carbonyl (C=O) groups is 1. The number of rotatable bonds is 7. The van der Waals surface area contributed by atoms with E-state index in [1.165, 1.54) is 12.3 Å². The maximum atomic E-state index is 14.4. The quantitative estimate of drug-likeness (QED) is 0.528. The minimum Gasteiger partial charge on any atom is -0.481 e. The summed E-state index contributed by atoms with van der Waals surface area (Å²) in [5.74, 6) is -3.02. The van der Waals surface area contributed by atoms with E-state index in [9.17, 15) is 13.6 Å². The normalized spacial score (nSPS) is 11.6. The Bertz CT molecular complexity index is 999. The molecule has 6 nitrogen and oxygen atoms in total. The molecule has 0 aliphatic heterocycles. The number of hydrogen-bond acceptors (Lipinski definition) is 6. The Kier molecular flexibility index (Phi) is 6.33. The Morgan fingerprint density at radius 3 is 2.59 bits per heavy atom. The molecule has 150 valence electrons. The fourth-order valence-electron chi connectivity index (χ4n) is 2.59. The van der Waals surface area contributed by atoms with Gasteiger partial charge in [0.15, 0.2) is 11.6 Å². The topological polar surface area (TPSA) is 70.5 Å². The third kappa shape index (κ3) is 4.66. The molecule has 29 heavy (non-hydrogen) atoms. The van der Waals surface area contributed by atoms with Crippen molar-refractivity contribution < 1.29 is 27.8 Å². The molecule has 0 fully saturated rings. The number of carbonyl (C=O) groups excluding carboxylic acids is 1. The lowest BCUT2D eigenvalue weighted by Gasteiger charge is -2.18. The molecule has 0 saturated heterocycles. The van der Waals surface area contributed by atoms with Crippen LogP contribution in [0.15, 0.2) is 54.9 Å². The van der Waals surface area contributed by atoms with Gasteiger partial charge in [0.05, 0.1) is 18.4 Å². The molecule has 2 aromatic heterocycles. The van der Waals surface area contributed by atoms with Crippen molar-refractivity contribution in [3.05, 3.63) is 77.8 Å². The van der Waals surface area contributed by atoms with Crippen molar-refractivity contribution in [3.63, 3.8) is 0 Å². The number of aromatic nitrogens is 2. The second-order valence-electron chi connectivity index (χ2n) is 5.93. The monoisotopic (exact) mass is 400 g/mol. The number of esters is 1. The van der Waals surface area contributed by atoms with E-state index in [-0.39, 0.29) is 5.75 Å². The Labute approximate surface area is 166 Å². The van der Waals surface area contributed by atoms with Gasteiger partial charge in [0.25, 0.3) is 0 Å². The van der Waals surface area contributed by atoms with Crippen LogP contribution in [0, 0.1) is 11.6 Å². The van der Waals surface area contributed by atoms with Gasteiger partial charge in [0, 0.05) is 24.5 Å². The number of halogens is 2. The number of ether oxygens (including phenoxy) is 3. The van der Waals surface area contributed by atoms with Crippen LogP contribution in [-0.2, 0) is 4.74 Å². The van der Waals surface area contributed by atoms with E-state index in [1.807, 2.05) is 6.92 Å². The number of nitrogens with zero attached hydrogens (tertiary/aromatic N) is 2. The minimum atomic E-state index is -1.33. The van der Waals surface area contributed by atoms with Crippen LogP contribution in [0.3, 0.4) is 0 Å². The van der Waals surface area contributed by atoms with Crippen molar-refractivity contribution in [2.24, 2.45) is 0 Å². The number of methoxy groups -OCH3 is 1. The third-order valence-electron chi connectivity index (χ3n) is 4.03. The van der Waals surface area contributed by atoms with Crippen molar-refractivity contribution >= 4 is 5.97 Å². The van der Waals surface area contributed by atoms with Crippen LogP contribution >= 0.6 is 0 Å². The van der Waals surface area contributed by atoms with Crippen molar-refractivity contribution in [1.29, 1.82) is 0 Å². The van der Waals surface area contributed by atoms with Crippen molar-refractivity contribution in [2.45, 2.75) is 19.4 Å². The van der Waals surface area contributed by atoms with Crippen LogP contribution in [0.1, 0.15) is 35.5 Å². The van der Waals surface area contributed by atoms with E-state index >= 15 is 0 Å². The smallest absolute Gasteiger partial charge is 0.340 e. The van der Waals surface area contributed by atoms with Gasteiger partial charge in [-0.15, -0.1) is 0 Å². The van der Waals surface area contributed by atoms with Gasteiger partial charge in [-0.2, -0.15) is 4.39 Å². The lowest BCUT2D eigenvalue weighted by molar-refractivity contribution is 0.0594. The predicted octanol–water partition coefficient (Wildman–Crippen LogP) is 4.86. The van der Waals surface area contributed by atoms with E-state index in [0.29, 0.717) is 23.7 Å². The molecule has 3 rings (SSSR count). The molecule has 0 aliphatic rings. The molecule has 0 spiro atoms. The van der Waals surface area contributed by atoms with Gasteiger partial charge in [-0.1, -0.05) is 13.0 Å². The molecule has 0 unspecified atom stereocenters. The number of hydrogen-bond donors (Lipinski definition) is 0. The summed E-state index contributed by atoms with van der Waals surface area (Å²) in [5, 5.41) is 0. The SMILES string of the molecule is CC[C@@H](Oc1ccc(C(=O)OC)c(F)c1F)c1cc(Oc2ccccn2)ccn1. The van der Waals surface area contributed by atoms with E-state index in [0.717, 1.165) is 13.2 Å². The van der Waals surface area contributed by atoms with Crippen molar-refractivity contribution in [3.8, 4) is 17.4 Å². The van der Waals surface area contributed by atoms with Gasteiger partial charge in [0.1, 0.15) is 11.9 Å². The summed E-state index contributed by atoms with van der Waals surface area (Å²) in [5.41, 5.74) is -0.0351. The molecular formula is C21H18F2N2O4. The molecule has 2 heterocycles. The Morgan fingerprint density at radius 2 is 1.90 bits per heavy atom. The Balaban J connectivity index is 1.83. The summed E-state index contributed by atoms with van der Waals surface area (Å²) in [4.78, 5) is 19.8. The number of benzene rings is 1. The van der Waals surface area contributed by atoms with Crippen LogP contribution in [0.4, 0.5) is 8.78 Å². The third-order valence-corrected chi connectivity index (χ3v) is 4.03. The van der Waals surface area contributed by atoms with Crippen LogP contribution in [0.2, 0.25) is 0 Å². The molecule has 0 bridgehead atoms. The highest BCUT2D eigenvalue weighted by Gasteiger charge is 2.23. The molecule has 0 N–H and O–H groups in total. The zero-order valence-electron chi connectivity index (χ0n) is 15.8. The Morgan fingerprint density at radius 1 is 1.07 bits per heavy atom. The second-order valence-corrected chi connectivity index (χ2v) is 5.93. The summed E-state index contributed by atoms with van der Waals surface area (Å²) in [6, 6.07) is 10.8. The molecule has 0 radical (unpaired) electrons. The summed E-state index contributed by atoms with van der Waals surface area (Å²) in [7, 11) is 1.09. The molecule has 3 aromatic rings. The van der Waals surface area contributed by atoms with Gasteiger partial charge in [-0.05, 0) is 30.7 Å². The summed E-state index contributed by atoms with van der Waals surface area (Å²) < 4.78 is 44.3. The summed E-state index contributed by atoms with van der Waals surface area (Å²) >= 11 is 0. The second kappa shape index (κ2) is 9.09. The molecule has 8 heteroatoms. The average Bonchev–Trinajstić information content (AvgIpc) is 2.75. The minimum absolute atomic E-state index is 0.333. The van der Waals surface area contributed by atoms with Crippen LogP contribution in [0.5, 0.6) is 17.4 Å². The first kappa shape index (κ1) is 20.2. The lowest BCUT2D eigenvalue weighted by atomic mass is 10.1. The largest absolute Gasteiger partial charge is 0.481 e. The highest BCUT2D eigenvalue weighted by Crippen LogP contribution is 2.30. The maximum Gasteiger partial charge on any atom is 0.340 e. The zero-order valence-corrected chi connectivity index (χ0v) is 15.8. The average molecular weight is 400 g/mol. The molecule has 0 aliphatic carbocycles. The molecule has 1 aromatic carbocycles. The van der Waals surface area contributed by atoms with E-state index in [2.05, 4.69) is 14.7 Å². The van der Waals surface area contributed by atoms with Crippen LogP contribution in [0.25, 0.3) is 0 Å². The van der Waals surface area contributed by atoms with Crippen molar-refractivity contribution in [2.75, 3.05) is 7.11 Å². The lowest BCUT2D eigenvalue weighted by Crippen LogP contribution is -2.12. The fraction of sp³-hybridized carbons (Fsp3) is 0.190. The van der Waals surface area contributed by atoms with Gasteiger partial charge in [-0.3, -0.25) is 4.98 Å². The van der Waals surface area contributed by atoms with Crippen LogP contribution in [-0.4, -0.2) is 23.0 Å². The molecule has 1 atom stereocenters. The first-order valence-electron chi connectivity index (χ1n) is 8.81. The van der Waals surface area contributed by atoms with Gasteiger partial charge in [0.2, 0.25) is 11.7 Å². The summed E-state index contributed by atoms with van der Waals surface area (Å²) in [6.07, 6.45) is 2.89. The van der Waals surface area contributed by atoms with Crippen LogP contribution < -0.4 is 9.47 Å². The predicted molar refractivity (Wildman–Crippen MR) is 99.9 cm³/mol. The van der Waals surface area contributed by atoms with E-state index in [4.69, 9.17) is 9.47 Å². The summed E-state index contributed by atoms with van der Waals surface area (Å²) in [6.45, 7) is 1.82. The highest BCUT2D eigenvalue weighted by molar-refractivity contribution is 5.89. The van der Waals surface area contributed by atoms with Gasteiger partial charge < -0.3 is 14.2 Å². The fourth-order valence-corrected chi connectivity index (χ4v) is 2.59. The van der Waals surface area contributed by atoms with Gasteiger partial charge in [-0.25, -0.2) is 14.2 Å². The maximum absolute atomic E-state index is 14.4.